The molecule has 0 saturated heterocycles. The quantitative estimate of drug-likeness (QED) is 0.374. The molecule has 1 atom stereocenters. The smallest absolute Gasteiger partial charge is 0.162 e. The summed E-state index contributed by atoms with van der Waals surface area (Å²) in [5.74, 6) is -0.973. The third kappa shape index (κ3) is 4.86. The fourth-order valence-electron chi connectivity index (χ4n) is 5.80. The molecule has 0 amide bonds. The number of aryl methyl sites for hydroxylation is 2. The molecule has 5 rings (SSSR count). The number of ether oxygens (including phenoxy) is 1. The number of para-hydroxylation sites is 1. The van der Waals surface area contributed by atoms with Crippen LogP contribution in [0.15, 0.2) is 83.3 Å². The van der Waals surface area contributed by atoms with Gasteiger partial charge in [0.15, 0.2) is 5.78 Å². The van der Waals surface area contributed by atoms with Crippen LogP contribution >= 0.6 is 0 Å². The summed E-state index contributed by atoms with van der Waals surface area (Å²) in [5, 5.41) is 10.4. The number of ketones is 1. The second-order valence-corrected chi connectivity index (χ2v) is 11.3. The average molecular weight is 540 g/mol. The average Bonchev–Trinajstić information content (AvgIpc) is 2.89. The number of benzene rings is 3. The second kappa shape index (κ2) is 10.3. The van der Waals surface area contributed by atoms with Crippen molar-refractivity contribution in [3.05, 3.63) is 117 Å². The lowest BCUT2D eigenvalue weighted by Crippen LogP contribution is -2.42. The molecule has 0 aromatic heterocycles. The predicted molar refractivity (Wildman–Crippen MR) is 150 cm³/mol. The van der Waals surface area contributed by atoms with Crippen molar-refractivity contribution in [2.45, 2.75) is 53.1 Å². The Morgan fingerprint density at radius 1 is 1.05 bits per heavy atom. The van der Waals surface area contributed by atoms with Crippen molar-refractivity contribution in [1.29, 1.82) is 5.26 Å². The normalized spacial score (nSPS) is 18.5. The van der Waals surface area contributed by atoms with E-state index in [0.29, 0.717) is 29.9 Å². The van der Waals surface area contributed by atoms with Gasteiger partial charge in [0.2, 0.25) is 0 Å². The van der Waals surface area contributed by atoms with Gasteiger partial charge < -0.3 is 10.5 Å². The summed E-state index contributed by atoms with van der Waals surface area (Å²) < 4.78 is 34.4. The fraction of sp³-hybridized carbons (Fsp3) is 0.273. The number of nitrogens with zero attached hydrogens (tertiary/aromatic N) is 2. The van der Waals surface area contributed by atoms with E-state index in [2.05, 4.69) is 6.07 Å². The van der Waals surface area contributed by atoms with Crippen LogP contribution in [0.2, 0.25) is 0 Å². The Morgan fingerprint density at radius 3 is 2.42 bits per heavy atom. The SMILES string of the molecule is Cc1cc(C)c(C2C(C#N)=C(N)N(c3ccccc3F)C3=C2C(=O)CC(C)(C)C3)cc1COc1ccc(F)cc1. The molecule has 204 valence electrons. The molecule has 1 aliphatic carbocycles. The summed E-state index contributed by atoms with van der Waals surface area (Å²) >= 11 is 0. The molecule has 0 saturated carbocycles. The number of hydrogen-bond donors (Lipinski definition) is 1. The van der Waals surface area contributed by atoms with E-state index in [1.54, 1.807) is 35.2 Å². The van der Waals surface area contributed by atoms with Crippen molar-refractivity contribution in [2.75, 3.05) is 4.90 Å². The van der Waals surface area contributed by atoms with E-state index in [-0.39, 0.29) is 40.7 Å². The van der Waals surface area contributed by atoms with E-state index in [0.717, 1.165) is 22.3 Å². The molecule has 1 aliphatic heterocycles. The fourth-order valence-corrected chi connectivity index (χ4v) is 5.80. The van der Waals surface area contributed by atoms with E-state index < -0.39 is 11.7 Å². The number of Topliss-reactive ketones (excluding diaryl/α,β-unsaturated/α-hetero) is 1. The zero-order valence-electron chi connectivity index (χ0n) is 23.0. The first-order valence-electron chi connectivity index (χ1n) is 13.2. The van der Waals surface area contributed by atoms with Crippen LogP contribution in [0.25, 0.3) is 0 Å². The van der Waals surface area contributed by atoms with E-state index in [9.17, 15) is 14.4 Å². The minimum absolute atomic E-state index is 0.0815. The van der Waals surface area contributed by atoms with Crippen molar-refractivity contribution in [3.8, 4) is 11.8 Å². The highest BCUT2D eigenvalue weighted by Crippen LogP contribution is 2.51. The van der Waals surface area contributed by atoms with Gasteiger partial charge in [0.25, 0.3) is 0 Å². The molecule has 3 aromatic rings. The van der Waals surface area contributed by atoms with Crippen LogP contribution in [-0.2, 0) is 11.4 Å². The predicted octanol–water partition coefficient (Wildman–Crippen LogP) is 7.10. The number of allylic oxidation sites excluding steroid dienone is 3. The molecule has 5 nitrogen and oxygen atoms in total. The lowest BCUT2D eigenvalue weighted by molar-refractivity contribution is -0.118. The van der Waals surface area contributed by atoms with Crippen LogP contribution in [0.1, 0.15) is 54.9 Å². The van der Waals surface area contributed by atoms with Gasteiger partial charge >= 0.3 is 0 Å². The highest BCUT2D eigenvalue weighted by atomic mass is 19.1. The topological polar surface area (TPSA) is 79.4 Å². The van der Waals surface area contributed by atoms with Gasteiger partial charge in [-0.25, -0.2) is 8.78 Å². The van der Waals surface area contributed by atoms with Crippen molar-refractivity contribution >= 4 is 11.5 Å². The summed E-state index contributed by atoms with van der Waals surface area (Å²) in [6.07, 6.45) is 0.793. The molecule has 7 heteroatoms. The van der Waals surface area contributed by atoms with Crippen molar-refractivity contribution in [2.24, 2.45) is 11.1 Å². The van der Waals surface area contributed by atoms with Crippen LogP contribution in [0.4, 0.5) is 14.5 Å². The molecule has 0 spiro atoms. The maximum Gasteiger partial charge on any atom is 0.162 e. The minimum Gasteiger partial charge on any atom is -0.489 e. The molecule has 2 aliphatic rings. The first-order valence-corrected chi connectivity index (χ1v) is 13.2. The Morgan fingerprint density at radius 2 is 1.75 bits per heavy atom. The number of rotatable bonds is 5. The van der Waals surface area contributed by atoms with Crippen LogP contribution < -0.4 is 15.4 Å². The Kier molecular flexibility index (Phi) is 6.97. The number of nitrogens with two attached hydrogens (primary N) is 1. The Balaban J connectivity index is 1.67. The first kappa shape index (κ1) is 27.1. The highest BCUT2D eigenvalue weighted by molar-refractivity contribution is 6.01. The maximum absolute atomic E-state index is 15.1. The molecule has 0 fully saturated rings. The van der Waals surface area contributed by atoms with Gasteiger partial charge in [-0.3, -0.25) is 9.69 Å². The minimum atomic E-state index is -0.697. The summed E-state index contributed by atoms with van der Waals surface area (Å²) in [5.41, 5.74) is 11.3. The molecule has 3 aromatic carbocycles. The number of hydrogen-bond acceptors (Lipinski definition) is 5. The van der Waals surface area contributed by atoms with Crippen molar-refractivity contribution < 1.29 is 18.3 Å². The van der Waals surface area contributed by atoms with Crippen LogP contribution in [-0.4, -0.2) is 5.78 Å². The molecule has 2 N–H and O–H groups in total. The highest BCUT2D eigenvalue weighted by Gasteiger charge is 2.45. The van der Waals surface area contributed by atoms with Gasteiger partial charge in [-0.15, -0.1) is 0 Å². The lowest BCUT2D eigenvalue weighted by Gasteiger charge is -2.44. The molecule has 0 radical (unpaired) electrons. The molecule has 0 bridgehead atoms. The Bertz CT molecular complexity index is 1610. The van der Waals surface area contributed by atoms with E-state index in [1.807, 2.05) is 39.8 Å². The van der Waals surface area contributed by atoms with Gasteiger partial charge in [-0.05, 0) is 84.3 Å². The van der Waals surface area contributed by atoms with Gasteiger partial charge in [0, 0.05) is 17.7 Å². The van der Waals surface area contributed by atoms with E-state index in [4.69, 9.17) is 10.5 Å². The zero-order chi connectivity index (χ0) is 28.8. The summed E-state index contributed by atoms with van der Waals surface area (Å²) in [7, 11) is 0. The maximum atomic E-state index is 15.1. The molecule has 1 heterocycles. The molecular formula is C33H31F2N3O2. The third-order valence-corrected chi connectivity index (χ3v) is 7.72. The Labute approximate surface area is 233 Å². The molecule has 40 heavy (non-hydrogen) atoms. The zero-order valence-corrected chi connectivity index (χ0v) is 23.0. The summed E-state index contributed by atoms with van der Waals surface area (Å²) in [6.45, 7) is 8.14. The number of carbonyl (C=O) groups excluding carboxylic acids is 1. The largest absolute Gasteiger partial charge is 0.489 e. The number of carbonyl (C=O) groups is 1. The molecular weight excluding hydrogens is 508 g/mol. The third-order valence-electron chi connectivity index (χ3n) is 7.72. The van der Waals surface area contributed by atoms with Crippen LogP contribution in [0.5, 0.6) is 5.75 Å². The van der Waals surface area contributed by atoms with E-state index in [1.165, 1.54) is 18.2 Å². The number of nitriles is 1. The van der Waals surface area contributed by atoms with Crippen LogP contribution in [0.3, 0.4) is 0 Å². The monoisotopic (exact) mass is 539 g/mol. The lowest BCUT2D eigenvalue weighted by atomic mass is 9.68. The number of anilines is 1. The van der Waals surface area contributed by atoms with Crippen molar-refractivity contribution in [1.82, 2.24) is 0 Å². The Hall–Kier alpha value is -4.44. The first-order chi connectivity index (χ1) is 19.0. The van der Waals surface area contributed by atoms with Gasteiger partial charge in [-0.1, -0.05) is 38.1 Å². The second-order valence-electron chi connectivity index (χ2n) is 11.3. The van der Waals surface area contributed by atoms with Gasteiger partial charge in [-0.2, -0.15) is 5.26 Å². The standard InChI is InChI=1S/C33H31F2N3O2/c1-19-13-20(2)24(14-21(19)18-40-23-11-9-22(34)10-12-23)30-25(17-36)32(37)38(27-8-6-5-7-26(27)35)28-15-33(3,4)16-29(39)31(28)30/h5-14,30H,15-16,18,37H2,1-4H3. The molecule has 1 unspecified atom stereocenters. The number of halogens is 2. The summed E-state index contributed by atoms with van der Waals surface area (Å²) in [6, 6.07) is 18.3. The van der Waals surface area contributed by atoms with Gasteiger partial charge in [0.1, 0.15) is 29.8 Å². The van der Waals surface area contributed by atoms with Crippen molar-refractivity contribution in [3.63, 3.8) is 0 Å². The van der Waals surface area contributed by atoms with E-state index >= 15 is 4.39 Å². The van der Waals surface area contributed by atoms with Crippen LogP contribution in [0, 0.1) is 42.2 Å². The van der Waals surface area contributed by atoms with Gasteiger partial charge in [0.05, 0.1) is 23.2 Å². The summed E-state index contributed by atoms with van der Waals surface area (Å²) in [4.78, 5) is 15.4.